The maximum absolute atomic E-state index is 12.1. The van der Waals surface area contributed by atoms with Crippen LogP contribution in [0.2, 0.25) is 0 Å². The number of halogens is 3. The third-order valence-electron chi connectivity index (χ3n) is 3.09. The van der Waals surface area contributed by atoms with Crippen molar-refractivity contribution in [2.75, 3.05) is 13.7 Å². The van der Waals surface area contributed by atoms with E-state index in [9.17, 15) is 13.2 Å². The van der Waals surface area contributed by atoms with Gasteiger partial charge in [0.25, 0.3) is 0 Å². The fourth-order valence-electron chi connectivity index (χ4n) is 1.91. The molecule has 23 heavy (non-hydrogen) atoms. The van der Waals surface area contributed by atoms with Crippen LogP contribution >= 0.6 is 0 Å². The molecule has 1 aromatic carbocycles. The summed E-state index contributed by atoms with van der Waals surface area (Å²) in [5.41, 5.74) is 2.80. The minimum Gasteiger partial charge on any atom is -0.484 e. The number of hydrogen-bond acceptors (Lipinski definition) is 2. The zero-order chi connectivity index (χ0) is 16.3. The molecule has 1 aliphatic heterocycles. The van der Waals surface area contributed by atoms with E-state index >= 15 is 0 Å². The van der Waals surface area contributed by atoms with Gasteiger partial charge in [0.2, 0.25) is 0 Å². The van der Waals surface area contributed by atoms with E-state index in [2.05, 4.69) is 23.3 Å². The molecular formula is C17H13F3NOY-. The van der Waals surface area contributed by atoms with Gasteiger partial charge in [0.15, 0.2) is 6.61 Å². The van der Waals surface area contributed by atoms with Gasteiger partial charge in [-0.05, 0) is 17.8 Å². The summed E-state index contributed by atoms with van der Waals surface area (Å²) in [5, 5.41) is 0. The second kappa shape index (κ2) is 7.85. The molecule has 1 heterocycles. The van der Waals surface area contributed by atoms with Gasteiger partial charge in [-0.25, -0.2) is 0 Å². The van der Waals surface area contributed by atoms with Crippen LogP contribution in [0.5, 0.6) is 5.75 Å². The SMILES string of the molecule is C#CC1=C[C-]=C(c2ccc(OCC(F)(F)F)cc2)N(C)C1=C.[Y]. The summed E-state index contributed by atoms with van der Waals surface area (Å²) < 4.78 is 41.0. The van der Waals surface area contributed by atoms with Crippen LogP contribution in [0.1, 0.15) is 5.56 Å². The van der Waals surface area contributed by atoms with Gasteiger partial charge in [0.1, 0.15) is 5.75 Å². The summed E-state index contributed by atoms with van der Waals surface area (Å²) in [4.78, 5) is 1.78. The smallest absolute Gasteiger partial charge is 0.422 e. The fourth-order valence-corrected chi connectivity index (χ4v) is 1.91. The summed E-state index contributed by atoms with van der Waals surface area (Å²) in [6.07, 6.45) is 5.72. The Bertz CT molecular complexity index is 681. The second-order valence-electron chi connectivity index (χ2n) is 4.63. The summed E-state index contributed by atoms with van der Waals surface area (Å²) >= 11 is 0. The van der Waals surface area contributed by atoms with Gasteiger partial charge in [-0.1, -0.05) is 23.4 Å². The third-order valence-corrected chi connectivity index (χ3v) is 3.09. The van der Waals surface area contributed by atoms with Gasteiger partial charge in [0, 0.05) is 39.8 Å². The molecule has 0 amide bonds. The zero-order valence-electron chi connectivity index (χ0n) is 12.4. The Labute approximate surface area is 158 Å². The third kappa shape index (κ3) is 4.99. The van der Waals surface area contributed by atoms with E-state index in [1.54, 1.807) is 30.2 Å². The minimum atomic E-state index is -4.35. The monoisotopic (exact) mass is 393 g/mol. The molecule has 0 aliphatic carbocycles. The Kier molecular flexibility index (Phi) is 6.67. The first-order valence-corrected chi connectivity index (χ1v) is 6.35. The summed E-state index contributed by atoms with van der Waals surface area (Å²) in [6, 6.07) is 6.28. The Hall–Kier alpha value is -1.51. The molecule has 0 saturated carbocycles. The van der Waals surface area contributed by atoms with Crippen molar-refractivity contribution < 1.29 is 50.6 Å². The maximum Gasteiger partial charge on any atom is 0.422 e. The summed E-state index contributed by atoms with van der Waals surface area (Å²) in [7, 11) is 1.79. The number of likely N-dealkylation sites (N-methyl/N-ethyl adjacent to an activating group) is 1. The number of terminal acetylenes is 1. The van der Waals surface area contributed by atoms with Crippen LogP contribution < -0.4 is 4.74 Å². The number of rotatable bonds is 3. The minimum absolute atomic E-state index is 0. The number of nitrogens with zero attached hydrogens (tertiary/aromatic N) is 1. The Morgan fingerprint density at radius 3 is 2.43 bits per heavy atom. The van der Waals surface area contributed by atoms with E-state index < -0.39 is 12.8 Å². The molecule has 0 fully saturated rings. The Morgan fingerprint density at radius 2 is 1.91 bits per heavy atom. The molecule has 0 aromatic heterocycles. The van der Waals surface area contributed by atoms with Gasteiger partial charge in [-0.2, -0.15) is 25.3 Å². The molecule has 0 unspecified atom stereocenters. The van der Waals surface area contributed by atoms with E-state index in [4.69, 9.17) is 6.42 Å². The van der Waals surface area contributed by atoms with Crippen molar-refractivity contribution in [1.29, 1.82) is 0 Å². The molecule has 1 radical (unpaired) electrons. The van der Waals surface area contributed by atoms with Crippen LogP contribution in [0.15, 0.2) is 48.2 Å². The number of benzene rings is 1. The standard InChI is InChI=1S/C17H13F3NO.Y/c1-4-13-7-10-16(21(3)12(13)2)14-5-8-15(9-6-14)22-11-17(18,19)20;/h1,5-9H,2,11H2,3H3;/q-1;. The topological polar surface area (TPSA) is 12.5 Å². The van der Waals surface area contributed by atoms with Crippen molar-refractivity contribution in [3.8, 4) is 18.1 Å². The molecule has 0 N–H and O–H groups in total. The van der Waals surface area contributed by atoms with Crippen LogP contribution in [-0.2, 0) is 32.7 Å². The molecule has 2 nitrogen and oxygen atoms in total. The molecule has 0 bridgehead atoms. The number of ether oxygens (including phenoxy) is 1. The van der Waals surface area contributed by atoms with E-state index in [1.807, 2.05) is 0 Å². The van der Waals surface area contributed by atoms with Crippen LogP contribution in [-0.4, -0.2) is 24.7 Å². The van der Waals surface area contributed by atoms with Crippen molar-refractivity contribution in [2.24, 2.45) is 0 Å². The van der Waals surface area contributed by atoms with Crippen molar-refractivity contribution in [2.45, 2.75) is 6.18 Å². The summed E-state index contributed by atoms with van der Waals surface area (Å²) in [6.45, 7) is 2.59. The molecule has 0 saturated heterocycles. The number of alkyl halides is 3. The molecule has 117 valence electrons. The average Bonchev–Trinajstić information content (AvgIpc) is 2.48. The van der Waals surface area contributed by atoms with E-state index in [-0.39, 0.29) is 38.5 Å². The molecule has 6 heteroatoms. The molecular weight excluding hydrogens is 380 g/mol. The van der Waals surface area contributed by atoms with Crippen molar-refractivity contribution >= 4 is 5.70 Å². The van der Waals surface area contributed by atoms with Crippen molar-refractivity contribution in [3.63, 3.8) is 0 Å². The van der Waals surface area contributed by atoms with Gasteiger partial charge in [0.05, 0.1) is 0 Å². The Morgan fingerprint density at radius 1 is 1.30 bits per heavy atom. The maximum atomic E-state index is 12.1. The second-order valence-corrected chi connectivity index (χ2v) is 4.63. The van der Waals surface area contributed by atoms with Crippen LogP contribution in [0, 0.1) is 18.4 Å². The van der Waals surface area contributed by atoms with E-state index in [1.165, 1.54) is 12.1 Å². The van der Waals surface area contributed by atoms with Crippen molar-refractivity contribution in [3.05, 3.63) is 59.8 Å². The Balaban J connectivity index is 0.00000264. The first-order valence-electron chi connectivity index (χ1n) is 6.35. The first-order chi connectivity index (χ1) is 10.3. The van der Waals surface area contributed by atoms with Crippen molar-refractivity contribution in [1.82, 2.24) is 4.90 Å². The van der Waals surface area contributed by atoms with Crippen LogP contribution in [0.25, 0.3) is 5.70 Å². The van der Waals surface area contributed by atoms with Gasteiger partial charge in [-0.15, -0.1) is 24.5 Å². The number of allylic oxidation sites excluding steroid dienone is 3. The molecule has 2 rings (SSSR count). The quantitative estimate of drug-likeness (QED) is 0.573. The molecule has 0 atom stereocenters. The van der Waals surface area contributed by atoms with Gasteiger partial charge in [-0.3, -0.25) is 0 Å². The fraction of sp³-hybridized carbons (Fsp3) is 0.176. The summed E-state index contributed by atoms with van der Waals surface area (Å²) in [5.74, 6) is 2.67. The predicted octanol–water partition coefficient (Wildman–Crippen LogP) is 3.79. The molecule has 1 aliphatic rings. The zero-order valence-corrected chi connectivity index (χ0v) is 15.3. The van der Waals surface area contributed by atoms with E-state index in [0.29, 0.717) is 11.3 Å². The van der Waals surface area contributed by atoms with Crippen LogP contribution in [0.4, 0.5) is 13.2 Å². The molecule has 0 spiro atoms. The first kappa shape index (κ1) is 19.5. The van der Waals surface area contributed by atoms with Gasteiger partial charge >= 0.3 is 6.18 Å². The predicted molar refractivity (Wildman–Crippen MR) is 78.5 cm³/mol. The average molecular weight is 393 g/mol. The van der Waals surface area contributed by atoms with Crippen LogP contribution in [0.3, 0.4) is 0 Å². The normalized spacial score (nSPS) is 14.4. The van der Waals surface area contributed by atoms with E-state index in [0.717, 1.165) is 11.3 Å². The number of hydrogen-bond donors (Lipinski definition) is 0. The molecule has 1 aromatic rings. The largest absolute Gasteiger partial charge is 0.484 e. The van der Waals surface area contributed by atoms with Gasteiger partial charge < -0.3 is 9.64 Å².